The van der Waals surface area contributed by atoms with Gasteiger partial charge in [-0.1, -0.05) is 24.3 Å². The van der Waals surface area contributed by atoms with Crippen LogP contribution < -0.4 is 5.32 Å². The highest BCUT2D eigenvalue weighted by Gasteiger charge is 2.33. The summed E-state index contributed by atoms with van der Waals surface area (Å²) in [5.74, 6) is 0.756. The zero-order valence-electron chi connectivity index (χ0n) is 12.3. The standard InChI is InChI=1S/C17H26N2/c1-17(10-5-11-18-17)16-7-4-3-6-15(16)14-8-12-19(2)13-9-14/h3-4,6-7,14,18H,5,8-13H2,1-2H3. The molecule has 104 valence electrons. The highest BCUT2D eigenvalue weighted by Crippen LogP contribution is 2.38. The van der Waals surface area contributed by atoms with Crippen molar-refractivity contribution in [2.24, 2.45) is 0 Å². The molecule has 2 aliphatic rings. The van der Waals surface area contributed by atoms with Crippen LogP contribution in [0.25, 0.3) is 0 Å². The van der Waals surface area contributed by atoms with Gasteiger partial charge in [-0.2, -0.15) is 0 Å². The van der Waals surface area contributed by atoms with Crippen LogP contribution in [0.1, 0.15) is 49.7 Å². The lowest BCUT2D eigenvalue weighted by molar-refractivity contribution is 0.253. The lowest BCUT2D eigenvalue weighted by Crippen LogP contribution is -2.36. The molecule has 0 bridgehead atoms. The highest BCUT2D eigenvalue weighted by atomic mass is 15.1. The first-order chi connectivity index (χ1) is 9.19. The van der Waals surface area contributed by atoms with E-state index in [0.29, 0.717) is 0 Å². The van der Waals surface area contributed by atoms with Gasteiger partial charge in [0, 0.05) is 5.54 Å². The smallest absolute Gasteiger partial charge is 0.0409 e. The third-order valence-corrected chi connectivity index (χ3v) is 5.08. The van der Waals surface area contributed by atoms with Crippen LogP contribution in [-0.4, -0.2) is 31.6 Å². The number of benzene rings is 1. The molecule has 2 heterocycles. The molecule has 0 aliphatic carbocycles. The molecule has 0 saturated carbocycles. The molecule has 0 amide bonds. The summed E-state index contributed by atoms with van der Waals surface area (Å²) in [6.45, 7) is 6.03. The minimum atomic E-state index is 0.208. The van der Waals surface area contributed by atoms with Gasteiger partial charge in [0.25, 0.3) is 0 Å². The molecule has 0 spiro atoms. The summed E-state index contributed by atoms with van der Waals surface area (Å²) in [5.41, 5.74) is 3.37. The first kappa shape index (κ1) is 13.1. The number of nitrogens with one attached hydrogen (secondary N) is 1. The van der Waals surface area contributed by atoms with Crippen LogP contribution in [0.15, 0.2) is 24.3 Å². The number of rotatable bonds is 2. The van der Waals surface area contributed by atoms with Crippen LogP contribution in [0, 0.1) is 0 Å². The molecule has 0 radical (unpaired) electrons. The molecular weight excluding hydrogens is 232 g/mol. The lowest BCUT2D eigenvalue weighted by atomic mass is 9.79. The normalized spacial score (nSPS) is 29.8. The minimum Gasteiger partial charge on any atom is -0.308 e. The minimum absolute atomic E-state index is 0.208. The van der Waals surface area contributed by atoms with Gasteiger partial charge in [0.2, 0.25) is 0 Å². The van der Waals surface area contributed by atoms with E-state index in [1.54, 1.807) is 11.1 Å². The van der Waals surface area contributed by atoms with Crippen molar-refractivity contribution in [3.63, 3.8) is 0 Å². The summed E-state index contributed by atoms with van der Waals surface area (Å²) in [7, 11) is 2.24. The van der Waals surface area contributed by atoms with E-state index in [9.17, 15) is 0 Å². The van der Waals surface area contributed by atoms with E-state index in [4.69, 9.17) is 0 Å². The predicted molar refractivity (Wildman–Crippen MR) is 80.5 cm³/mol. The molecule has 2 fully saturated rings. The molecule has 2 nitrogen and oxygen atoms in total. The molecule has 3 rings (SSSR count). The van der Waals surface area contributed by atoms with Crippen molar-refractivity contribution < 1.29 is 0 Å². The molecule has 0 aromatic heterocycles. The number of piperidine rings is 1. The van der Waals surface area contributed by atoms with Crippen LogP contribution in [0.5, 0.6) is 0 Å². The second kappa shape index (κ2) is 5.26. The zero-order chi connectivity index (χ0) is 13.3. The summed E-state index contributed by atoms with van der Waals surface area (Å²) >= 11 is 0. The molecule has 1 aromatic carbocycles. The van der Waals surface area contributed by atoms with Crippen LogP contribution >= 0.6 is 0 Å². The van der Waals surface area contributed by atoms with E-state index in [0.717, 1.165) is 12.5 Å². The van der Waals surface area contributed by atoms with Gasteiger partial charge in [0.05, 0.1) is 0 Å². The molecule has 2 aliphatic heterocycles. The summed E-state index contributed by atoms with van der Waals surface area (Å²) in [4.78, 5) is 2.45. The Hall–Kier alpha value is -0.860. The number of hydrogen-bond acceptors (Lipinski definition) is 2. The fraction of sp³-hybridized carbons (Fsp3) is 0.647. The Morgan fingerprint density at radius 1 is 1.21 bits per heavy atom. The van der Waals surface area contributed by atoms with Gasteiger partial charge in [-0.05, 0) is 76.3 Å². The molecule has 1 aromatic rings. The zero-order valence-corrected chi connectivity index (χ0v) is 12.3. The maximum atomic E-state index is 3.73. The number of nitrogens with zero attached hydrogens (tertiary/aromatic N) is 1. The largest absolute Gasteiger partial charge is 0.308 e. The molecule has 1 N–H and O–H groups in total. The van der Waals surface area contributed by atoms with Gasteiger partial charge < -0.3 is 10.2 Å². The number of likely N-dealkylation sites (tertiary alicyclic amines) is 1. The van der Waals surface area contributed by atoms with Crippen molar-refractivity contribution in [2.75, 3.05) is 26.7 Å². The van der Waals surface area contributed by atoms with Crippen molar-refractivity contribution >= 4 is 0 Å². The number of hydrogen-bond donors (Lipinski definition) is 1. The third kappa shape index (κ3) is 2.56. The first-order valence-corrected chi connectivity index (χ1v) is 7.72. The molecular formula is C17H26N2. The fourth-order valence-electron chi connectivity index (χ4n) is 3.80. The van der Waals surface area contributed by atoms with E-state index in [-0.39, 0.29) is 5.54 Å². The van der Waals surface area contributed by atoms with E-state index in [1.807, 2.05) is 0 Å². The fourth-order valence-corrected chi connectivity index (χ4v) is 3.80. The van der Waals surface area contributed by atoms with E-state index in [2.05, 4.69) is 48.5 Å². The molecule has 2 heteroatoms. The Morgan fingerprint density at radius 3 is 2.63 bits per heavy atom. The van der Waals surface area contributed by atoms with E-state index in [1.165, 1.54) is 38.8 Å². The van der Waals surface area contributed by atoms with Crippen LogP contribution in [0.4, 0.5) is 0 Å². The summed E-state index contributed by atoms with van der Waals surface area (Å²) < 4.78 is 0. The van der Waals surface area contributed by atoms with Gasteiger partial charge >= 0.3 is 0 Å². The molecule has 1 unspecified atom stereocenters. The maximum absolute atomic E-state index is 3.73. The average molecular weight is 258 g/mol. The highest BCUT2D eigenvalue weighted by molar-refractivity contribution is 5.37. The van der Waals surface area contributed by atoms with Crippen molar-refractivity contribution in [1.29, 1.82) is 0 Å². The van der Waals surface area contributed by atoms with Crippen molar-refractivity contribution in [2.45, 2.75) is 44.1 Å². The summed E-state index contributed by atoms with van der Waals surface area (Å²) in [5, 5.41) is 3.73. The van der Waals surface area contributed by atoms with Crippen LogP contribution in [-0.2, 0) is 5.54 Å². The Balaban J connectivity index is 1.89. The molecule has 2 saturated heterocycles. The van der Waals surface area contributed by atoms with E-state index < -0.39 is 0 Å². The monoisotopic (exact) mass is 258 g/mol. The maximum Gasteiger partial charge on any atom is 0.0409 e. The Kier molecular flexibility index (Phi) is 3.64. The second-order valence-electron chi connectivity index (χ2n) is 6.53. The predicted octanol–water partition coefficient (Wildman–Crippen LogP) is 3.09. The van der Waals surface area contributed by atoms with Crippen LogP contribution in [0.3, 0.4) is 0 Å². The molecule has 1 atom stereocenters. The van der Waals surface area contributed by atoms with Gasteiger partial charge in [-0.25, -0.2) is 0 Å². The van der Waals surface area contributed by atoms with Gasteiger partial charge in [0.15, 0.2) is 0 Å². The second-order valence-corrected chi connectivity index (χ2v) is 6.53. The summed E-state index contributed by atoms with van der Waals surface area (Å²) in [6, 6.07) is 9.15. The van der Waals surface area contributed by atoms with E-state index >= 15 is 0 Å². The topological polar surface area (TPSA) is 15.3 Å². The SMILES string of the molecule is CN1CCC(c2ccccc2C2(C)CCCN2)CC1. The van der Waals surface area contributed by atoms with Crippen molar-refractivity contribution in [3.8, 4) is 0 Å². The van der Waals surface area contributed by atoms with Gasteiger partial charge in [-0.15, -0.1) is 0 Å². The van der Waals surface area contributed by atoms with Gasteiger partial charge in [0.1, 0.15) is 0 Å². The van der Waals surface area contributed by atoms with Crippen LogP contribution in [0.2, 0.25) is 0 Å². The lowest BCUT2D eigenvalue weighted by Gasteiger charge is -2.34. The van der Waals surface area contributed by atoms with Gasteiger partial charge in [-0.3, -0.25) is 0 Å². The molecule has 19 heavy (non-hydrogen) atoms. The van der Waals surface area contributed by atoms with Crippen molar-refractivity contribution in [1.82, 2.24) is 10.2 Å². The Morgan fingerprint density at radius 2 is 1.95 bits per heavy atom. The average Bonchev–Trinajstić information content (AvgIpc) is 2.88. The Labute approximate surface area is 117 Å². The third-order valence-electron chi connectivity index (χ3n) is 5.08. The Bertz CT molecular complexity index is 427. The summed E-state index contributed by atoms with van der Waals surface area (Å²) in [6.07, 6.45) is 5.20. The van der Waals surface area contributed by atoms with Crippen molar-refractivity contribution in [3.05, 3.63) is 35.4 Å². The quantitative estimate of drug-likeness (QED) is 0.877. The first-order valence-electron chi connectivity index (χ1n) is 7.72.